The van der Waals surface area contributed by atoms with Crippen molar-refractivity contribution in [3.63, 3.8) is 0 Å². The quantitative estimate of drug-likeness (QED) is 0.537. The van der Waals surface area contributed by atoms with Crippen molar-refractivity contribution >= 4 is 17.7 Å². The molecule has 0 aliphatic carbocycles. The molecule has 0 aromatic rings. The summed E-state index contributed by atoms with van der Waals surface area (Å²) in [6.07, 6.45) is 5.75. The first-order valence-corrected chi connectivity index (χ1v) is 4.71. The lowest BCUT2D eigenvalue weighted by Crippen LogP contribution is -2.18. The van der Waals surface area contributed by atoms with E-state index < -0.39 is 0 Å². The molecule has 1 saturated heterocycles. The van der Waals surface area contributed by atoms with Gasteiger partial charge in [-0.3, -0.25) is 4.79 Å². The Labute approximate surface area is 78.4 Å². The summed E-state index contributed by atoms with van der Waals surface area (Å²) in [5.41, 5.74) is 0. The van der Waals surface area contributed by atoms with E-state index in [-0.39, 0.29) is 17.1 Å². The molecule has 0 saturated carbocycles. The Kier molecular flexibility index (Phi) is 3.82. The smallest absolute Gasteiger partial charge is 0.192 e. The van der Waals surface area contributed by atoms with E-state index in [1.807, 2.05) is 12.2 Å². The fraction of sp³-hybridized carbons (Fsp3) is 0.667. The molecule has 1 fully saturated rings. The van der Waals surface area contributed by atoms with E-state index in [1.165, 1.54) is 0 Å². The third kappa shape index (κ3) is 2.35. The van der Waals surface area contributed by atoms with E-state index in [0.717, 1.165) is 12.8 Å². The number of carbonyl (C=O) groups excluding carboxylic acids is 1. The van der Waals surface area contributed by atoms with Crippen LogP contribution in [-0.4, -0.2) is 17.8 Å². The molecule has 2 atom stereocenters. The average molecular weight is 186 g/mol. The molecular weight excluding hydrogens is 172 g/mol. The van der Waals surface area contributed by atoms with Crippen LogP contribution in [0.2, 0.25) is 0 Å². The van der Waals surface area contributed by atoms with Crippen molar-refractivity contribution in [2.45, 2.75) is 25.9 Å². The van der Waals surface area contributed by atoms with E-state index in [1.54, 1.807) is 0 Å². The van der Waals surface area contributed by atoms with Crippen molar-refractivity contribution in [2.24, 2.45) is 5.92 Å². The summed E-state index contributed by atoms with van der Waals surface area (Å²) < 4.78 is 5.37. The number of hydrogen-bond acceptors (Lipinski definition) is 2. The molecule has 2 nitrogen and oxygen atoms in total. The zero-order valence-corrected chi connectivity index (χ0v) is 8.09. The number of thiol groups is 1. The number of hydrogen-bond donors (Lipinski definition) is 1. The van der Waals surface area contributed by atoms with Gasteiger partial charge in [-0.25, -0.2) is 0 Å². The monoisotopic (exact) mass is 186 g/mol. The van der Waals surface area contributed by atoms with Crippen LogP contribution in [0.5, 0.6) is 0 Å². The van der Waals surface area contributed by atoms with Gasteiger partial charge >= 0.3 is 0 Å². The van der Waals surface area contributed by atoms with Crippen molar-refractivity contribution in [3.05, 3.63) is 12.2 Å². The predicted octanol–water partition coefficient (Wildman–Crippen LogP) is 1.81. The lowest BCUT2D eigenvalue weighted by atomic mass is 10.0. The van der Waals surface area contributed by atoms with E-state index in [4.69, 9.17) is 4.74 Å². The molecule has 0 aromatic heterocycles. The van der Waals surface area contributed by atoms with Crippen LogP contribution in [0.3, 0.4) is 0 Å². The zero-order valence-electron chi connectivity index (χ0n) is 7.19. The van der Waals surface area contributed by atoms with Gasteiger partial charge in [-0.2, -0.15) is 0 Å². The molecule has 0 bridgehead atoms. The zero-order chi connectivity index (χ0) is 8.97. The first-order chi connectivity index (χ1) is 5.75. The molecule has 0 amide bonds. The standard InChI is InChI=1S/C9H14O2S/c1-2-3-4-8-7(9(10)12)5-6-11-8/h3-4,7-8H,2,5-6H2,1H3,(H,10,12)/b4-3+. The molecule has 12 heavy (non-hydrogen) atoms. The van der Waals surface area contributed by atoms with Gasteiger partial charge in [0.2, 0.25) is 0 Å². The largest absolute Gasteiger partial charge is 0.373 e. The second-order valence-corrected chi connectivity index (χ2v) is 3.35. The Morgan fingerprint density at radius 3 is 3.08 bits per heavy atom. The third-order valence-corrected chi connectivity index (χ3v) is 2.35. The highest BCUT2D eigenvalue weighted by molar-refractivity contribution is 7.96. The summed E-state index contributed by atoms with van der Waals surface area (Å²) >= 11 is 3.82. The summed E-state index contributed by atoms with van der Waals surface area (Å²) in [6.45, 7) is 2.73. The number of carbonyl (C=O) groups is 1. The normalized spacial score (nSPS) is 29.8. The summed E-state index contributed by atoms with van der Waals surface area (Å²) in [5.74, 6) is -0.0314. The molecule has 1 rings (SSSR count). The van der Waals surface area contributed by atoms with Crippen molar-refractivity contribution < 1.29 is 9.53 Å². The first-order valence-electron chi connectivity index (χ1n) is 4.26. The van der Waals surface area contributed by atoms with Crippen molar-refractivity contribution in [1.29, 1.82) is 0 Å². The molecule has 0 radical (unpaired) electrons. The van der Waals surface area contributed by atoms with Gasteiger partial charge in [0.1, 0.15) is 0 Å². The molecule has 1 aliphatic rings. The molecule has 68 valence electrons. The number of ether oxygens (including phenoxy) is 1. The predicted molar refractivity (Wildman–Crippen MR) is 51.3 cm³/mol. The highest BCUT2D eigenvalue weighted by Crippen LogP contribution is 2.24. The summed E-state index contributed by atoms with van der Waals surface area (Å²) in [6, 6.07) is 0. The van der Waals surface area contributed by atoms with E-state index in [0.29, 0.717) is 6.61 Å². The Balaban J connectivity index is 2.52. The van der Waals surface area contributed by atoms with Gasteiger partial charge in [-0.15, -0.1) is 12.6 Å². The highest BCUT2D eigenvalue weighted by atomic mass is 32.1. The Hall–Kier alpha value is -0.280. The van der Waals surface area contributed by atoms with Crippen LogP contribution < -0.4 is 0 Å². The van der Waals surface area contributed by atoms with Crippen LogP contribution in [0.25, 0.3) is 0 Å². The van der Waals surface area contributed by atoms with Crippen LogP contribution in [-0.2, 0) is 9.53 Å². The topological polar surface area (TPSA) is 26.3 Å². The van der Waals surface area contributed by atoms with Gasteiger partial charge in [-0.05, 0) is 12.8 Å². The molecule has 0 spiro atoms. The van der Waals surface area contributed by atoms with Gasteiger partial charge in [0.15, 0.2) is 5.12 Å². The third-order valence-electron chi connectivity index (χ3n) is 2.01. The van der Waals surface area contributed by atoms with Gasteiger partial charge < -0.3 is 4.74 Å². The lowest BCUT2D eigenvalue weighted by molar-refractivity contribution is -0.115. The summed E-state index contributed by atoms with van der Waals surface area (Å²) in [4.78, 5) is 11.0. The van der Waals surface area contributed by atoms with E-state index in [9.17, 15) is 4.79 Å². The maximum atomic E-state index is 11.0. The number of allylic oxidation sites excluding steroid dienone is 1. The van der Waals surface area contributed by atoms with Gasteiger partial charge in [0.25, 0.3) is 0 Å². The lowest BCUT2D eigenvalue weighted by Gasteiger charge is -2.09. The van der Waals surface area contributed by atoms with Crippen LogP contribution >= 0.6 is 12.6 Å². The molecule has 3 heteroatoms. The highest BCUT2D eigenvalue weighted by Gasteiger charge is 2.30. The van der Waals surface area contributed by atoms with E-state index >= 15 is 0 Å². The minimum Gasteiger partial charge on any atom is -0.373 e. The SMILES string of the molecule is CC/C=C/C1OCCC1C(=O)S. The second kappa shape index (κ2) is 4.67. The van der Waals surface area contributed by atoms with Crippen LogP contribution in [0.15, 0.2) is 12.2 Å². The molecule has 1 aliphatic heterocycles. The first kappa shape index (κ1) is 9.81. The fourth-order valence-corrected chi connectivity index (χ4v) is 1.61. The maximum Gasteiger partial charge on any atom is 0.192 e. The minimum atomic E-state index is -0.0572. The Morgan fingerprint density at radius 1 is 1.75 bits per heavy atom. The molecule has 2 unspecified atom stereocenters. The Bertz CT molecular complexity index is 189. The average Bonchev–Trinajstić information content (AvgIpc) is 2.48. The molecule has 0 aromatic carbocycles. The van der Waals surface area contributed by atoms with Gasteiger partial charge in [0.05, 0.1) is 12.0 Å². The van der Waals surface area contributed by atoms with Crippen molar-refractivity contribution in [2.75, 3.05) is 6.61 Å². The van der Waals surface area contributed by atoms with Crippen LogP contribution in [0.1, 0.15) is 19.8 Å². The number of rotatable bonds is 3. The summed E-state index contributed by atoms with van der Waals surface area (Å²) in [5, 5.41) is -0.0572. The minimum absolute atomic E-state index is 0.0314. The van der Waals surface area contributed by atoms with Crippen LogP contribution in [0, 0.1) is 5.92 Å². The summed E-state index contributed by atoms with van der Waals surface area (Å²) in [7, 11) is 0. The van der Waals surface area contributed by atoms with Crippen molar-refractivity contribution in [3.8, 4) is 0 Å². The van der Waals surface area contributed by atoms with Gasteiger partial charge in [-0.1, -0.05) is 19.1 Å². The second-order valence-electron chi connectivity index (χ2n) is 2.91. The maximum absolute atomic E-state index is 11.0. The van der Waals surface area contributed by atoms with Crippen LogP contribution in [0.4, 0.5) is 0 Å². The van der Waals surface area contributed by atoms with Crippen molar-refractivity contribution in [1.82, 2.24) is 0 Å². The Morgan fingerprint density at radius 2 is 2.50 bits per heavy atom. The van der Waals surface area contributed by atoms with Gasteiger partial charge in [0, 0.05) is 6.61 Å². The molecule has 1 heterocycles. The molecule has 0 N–H and O–H groups in total. The fourth-order valence-electron chi connectivity index (χ4n) is 1.34. The van der Waals surface area contributed by atoms with E-state index in [2.05, 4.69) is 19.6 Å². The molecular formula is C9H14O2S.